The number of halogens is 1. The predicted octanol–water partition coefficient (Wildman–Crippen LogP) is 1.84. The maximum Gasteiger partial charge on any atom is 0.233 e. The fourth-order valence-electron chi connectivity index (χ4n) is 1.20. The van der Waals surface area contributed by atoms with Crippen LogP contribution in [0.2, 0.25) is 0 Å². The fourth-order valence-corrected chi connectivity index (χ4v) is 1.48. The van der Waals surface area contributed by atoms with Crippen LogP contribution >= 0.6 is 15.9 Å². The van der Waals surface area contributed by atoms with Crippen LogP contribution in [0.1, 0.15) is 13.3 Å². The Balaban J connectivity index is 2.02. The molecule has 1 aliphatic rings. The number of nitrogens with one attached hydrogen (secondary N) is 1. The van der Waals surface area contributed by atoms with Crippen LogP contribution in [0, 0.1) is 0 Å². The number of hydrogen-bond donors (Lipinski definition) is 1. The highest BCUT2D eigenvalue weighted by molar-refractivity contribution is 9.10. The van der Waals surface area contributed by atoms with Gasteiger partial charge in [-0.3, -0.25) is 0 Å². The van der Waals surface area contributed by atoms with Gasteiger partial charge in [0.05, 0.1) is 23.9 Å². The number of aromatic nitrogens is 2. The molecule has 0 aromatic carbocycles. The fraction of sp³-hybridized carbons (Fsp3) is 0.600. The number of hydrogen-bond acceptors (Lipinski definition) is 5. The van der Waals surface area contributed by atoms with Crippen molar-refractivity contribution in [3.63, 3.8) is 0 Å². The van der Waals surface area contributed by atoms with Crippen LogP contribution in [0.3, 0.4) is 0 Å². The van der Waals surface area contributed by atoms with E-state index in [9.17, 15) is 0 Å². The monoisotopic (exact) mass is 287 g/mol. The van der Waals surface area contributed by atoms with Crippen molar-refractivity contribution >= 4 is 21.9 Å². The molecule has 0 spiro atoms. The number of anilines is 1. The molecule has 2 heterocycles. The maximum atomic E-state index is 5.64. The van der Waals surface area contributed by atoms with Crippen LogP contribution in [0.4, 0.5) is 5.95 Å². The molecule has 88 valence electrons. The third kappa shape index (κ3) is 2.82. The normalized spacial score (nSPS) is 15.6. The van der Waals surface area contributed by atoms with E-state index in [1.54, 1.807) is 6.20 Å². The number of rotatable bonds is 5. The molecule has 5 nitrogen and oxygen atoms in total. The van der Waals surface area contributed by atoms with Crippen LogP contribution in [-0.4, -0.2) is 35.8 Å². The Morgan fingerprint density at radius 2 is 2.44 bits per heavy atom. The van der Waals surface area contributed by atoms with Gasteiger partial charge < -0.3 is 14.8 Å². The maximum absolute atomic E-state index is 5.64. The molecule has 16 heavy (non-hydrogen) atoms. The van der Waals surface area contributed by atoms with Crippen molar-refractivity contribution in [2.45, 2.75) is 19.4 Å². The summed E-state index contributed by atoms with van der Waals surface area (Å²) in [6.45, 7) is 4.21. The first-order chi connectivity index (χ1) is 7.79. The Morgan fingerprint density at radius 3 is 3.06 bits per heavy atom. The van der Waals surface area contributed by atoms with Gasteiger partial charge >= 0.3 is 0 Å². The van der Waals surface area contributed by atoms with Crippen LogP contribution in [0.5, 0.6) is 5.88 Å². The Bertz CT molecular complexity index is 358. The molecule has 1 saturated heterocycles. The molecule has 1 fully saturated rings. The summed E-state index contributed by atoms with van der Waals surface area (Å²) in [4.78, 5) is 8.43. The van der Waals surface area contributed by atoms with E-state index in [2.05, 4.69) is 38.1 Å². The molecule has 2 rings (SSSR count). The highest BCUT2D eigenvalue weighted by Crippen LogP contribution is 2.24. The van der Waals surface area contributed by atoms with Crippen molar-refractivity contribution in [1.29, 1.82) is 0 Å². The molecule has 0 saturated carbocycles. The average molecular weight is 288 g/mol. The van der Waals surface area contributed by atoms with Crippen molar-refractivity contribution in [3.05, 3.63) is 10.7 Å². The zero-order chi connectivity index (χ0) is 11.4. The predicted molar refractivity (Wildman–Crippen MR) is 63.7 cm³/mol. The highest BCUT2D eigenvalue weighted by Gasteiger charge is 2.22. The van der Waals surface area contributed by atoms with E-state index in [1.165, 1.54) is 0 Å². The minimum atomic E-state index is 0.116. The minimum absolute atomic E-state index is 0.116. The molecule has 6 heteroatoms. The largest absolute Gasteiger partial charge is 0.468 e. The van der Waals surface area contributed by atoms with Crippen LogP contribution in [-0.2, 0) is 4.74 Å². The second kappa shape index (κ2) is 5.45. The van der Waals surface area contributed by atoms with Gasteiger partial charge in [-0.2, -0.15) is 4.98 Å². The van der Waals surface area contributed by atoms with Gasteiger partial charge in [0.1, 0.15) is 6.10 Å². The Kier molecular flexibility index (Phi) is 3.95. The zero-order valence-electron chi connectivity index (χ0n) is 9.07. The molecule has 0 bridgehead atoms. The molecule has 0 aliphatic carbocycles. The standard InChI is InChI=1S/C10H14BrN3O2/c1-2-3-12-10-13-4-8(11)9(14-10)16-7-5-15-6-7/h4,7H,2-3,5-6H2,1H3,(H,12,13,14). The molecule has 0 amide bonds. The topological polar surface area (TPSA) is 56.3 Å². The third-order valence-corrected chi connectivity index (χ3v) is 2.67. The van der Waals surface area contributed by atoms with Crippen molar-refractivity contribution in [3.8, 4) is 5.88 Å². The third-order valence-electron chi connectivity index (χ3n) is 2.13. The second-order valence-electron chi connectivity index (χ2n) is 3.55. The molecular weight excluding hydrogens is 274 g/mol. The molecule has 0 unspecified atom stereocenters. The first-order valence-electron chi connectivity index (χ1n) is 5.30. The van der Waals surface area contributed by atoms with Crippen LogP contribution in [0.25, 0.3) is 0 Å². The Morgan fingerprint density at radius 1 is 1.62 bits per heavy atom. The van der Waals surface area contributed by atoms with Crippen molar-refractivity contribution in [2.75, 3.05) is 25.1 Å². The quantitative estimate of drug-likeness (QED) is 0.896. The molecule has 1 aromatic rings. The summed E-state index contributed by atoms with van der Waals surface area (Å²) >= 11 is 3.36. The lowest BCUT2D eigenvalue weighted by molar-refractivity contribution is -0.0816. The van der Waals surface area contributed by atoms with E-state index in [0.29, 0.717) is 25.0 Å². The van der Waals surface area contributed by atoms with Gasteiger partial charge in [-0.05, 0) is 22.4 Å². The Hall–Kier alpha value is -0.880. The molecular formula is C10H14BrN3O2. The lowest BCUT2D eigenvalue weighted by Crippen LogP contribution is -2.38. The molecule has 0 atom stereocenters. The van der Waals surface area contributed by atoms with E-state index in [0.717, 1.165) is 17.4 Å². The van der Waals surface area contributed by atoms with Crippen molar-refractivity contribution < 1.29 is 9.47 Å². The van der Waals surface area contributed by atoms with E-state index in [1.807, 2.05) is 0 Å². The van der Waals surface area contributed by atoms with Crippen molar-refractivity contribution in [1.82, 2.24) is 9.97 Å². The minimum Gasteiger partial charge on any atom is -0.468 e. The summed E-state index contributed by atoms with van der Waals surface area (Å²) in [6, 6.07) is 0. The lowest BCUT2D eigenvalue weighted by atomic mass is 10.3. The summed E-state index contributed by atoms with van der Waals surface area (Å²) in [5.74, 6) is 1.17. The average Bonchev–Trinajstić information content (AvgIpc) is 2.23. The number of nitrogens with zero attached hydrogens (tertiary/aromatic N) is 2. The summed E-state index contributed by atoms with van der Waals surface area (Å²) < 4.78 is 11.4. The molecule has 1 aromatic heterocycles. The lowest BCUT2D eigenvalue weighted by Gasteiger charge is -2.26. The summed E-state index contributed by atoms with van der Waals surface area (Å²) in [6.07, 6.45) is 2.84. The van der Waals surface area contributed by atoms with Gasteiger partial charge in [0.25, 0.3) is 0 Å². The SMILES string of the molecule is CCCNc1ncc(Br)c(OC2COC2)n1. The molecule has 1 aliphatic heterocycles. The van der Waals surface area contributed by atoms with E-state index >= 15 is 0 Å². The second-order valence-corrected chi connectivity index (χ2v) is 4.41. The Labute approximate surface area is 103 Å². The van der Waals surface area contributed by atoms with Crippen LogP contribution < -0.4 is 10.1 Å². The van der Waals surface area contributed by atoms with Gasteiger partial charge in [-0.1, -0.05) is 6.92 Å². The summed E-state index contributed by atoms with van der Waals surface area (Å²) in [5.41, 5.74) is 0. The first-order valence-corrected chi connectivity index (χ1v) is 6.09. The van der Waals surface area contributed by atoms with Gasteiger partial charge in [0.2, 0.25) is 11.8 Å². The highest BCUT2D eigenvalue weighted by atomic mass is 79.9. The van der Waals surface area contributed by atoms with E-state index in [4.69, 9.17) is 9.47 Å². The summed E-state index contributed by atoms with van der Waals surface area (Å²) in [7, 11) is 0. The zero-order valence-corrected chi connectivity index (χ0v) is 10.7. The van der Waals surface area contributed by atoms with Gasteiger partial charge in [0, 0.05) is 6.54 Å². The smallest absolute Gasteiger partial charge is 0.233 e. The van der Waals surface area contributed by atoms with E-state index in [-0.39, 0.29) is 6.10 Å². The number of ether oxygens (including phenoxy) is 2. The van der Waals surface area contributed by atoms with Gasteiger partial charge in [0.15, 0.2) is 0 Å². The van der Waals surface area contributed by atoms with Crippen molar-refractivity contribution in [2.24, 2.45) is 0 Å². The van der Waals surface area contributed by atoms with Gasteiger partial charge in [-0.25, -0.2) is 4.98 Å². The van der Waals surface area contributed by atoms with E-state index < -0.39 is 0 Å². The van der Waals surface area contributed by atoms with Gasteiger partial charge in [-0.15, -0.1) is 0 Å². The molecule has 0 radical (unpaired) electrons. The summed E-state index contributed by atoms with van der Waals surface area (Å²) in [5, 5.41) is 3.12. The molecule has 1 N–H and O–H groups in total. The van der Waals surface area contributed by atoms with Crippen LogP contribution in [0.15, 0.2) is 10.7 Å². The first kappa shape index (κ1) is 11.6.